The molecule has 1 aromatic rings. The first-order valence-electron chi connectivity index (χ1n) is 11.2. The molecule has 1 saturated heterocycles. The second kappa shape index (κ2) is 9.70. The molecule has 2 fully saturated rings. The minimum absolute atomic E-state index is 0.0731. The number of methoxy groups -OCH3 is 1. The quantitative estimate of drug-likeness (QED) is 0.740. The van der Waals surface area contributed by atoms with E-state index in [9.17, 15) is 10.1 Å². The Hall–Kier alpha value is -2.26. The molecule has 1 atom stereocenters. The molecular weight excluding hydrogens is 376 g/mol. The van der Waals surface area contributed by atoms with Crippen molar-refractivity contribution in [3.8, 4) is 11.8 Å². The van der Waals surface area contributed by atoms with Gasteiger partial charge in [0.25, 0.3) is 0 Å². The van der Waals surface area contributed by atoms with Gasteiger partial charge in [0.1, 0.15) is 11.3 Å². The van der Waals surface area contributed by atoms with Gasteiger partial charge in [0, 0.05) is 38.9 Å². The van der Waals surface area contributed by atoms with E-state index in [1.807, 2.05) is 26.1 Å². The topological polar surface area (TPSA) is 59.8 Å². The van der Waals surface area contributed by atoms with Crippen LogP contribution in [0.5, 0.6) is 5.75 Å². The van der Waals surface area contributed by atoms with Gasteiger partial charge in [-0.2, -0.15) is 5.26 Å². The Morgan fingerprint density at radius 1 is 1.20 bits per heavy atom. The molecule has 0 radical (unpaired) electrons. The molecule has 3 rings (SSSR count). The maximum atomic E-state index is 13.3. The SMILES string of the molecule is COc1ccc(N2CCCN(C(C)C(=O)N(C)C3(C#N)CCC(C)CC3)CC2)cc1. The van der Waals surface area contributed by atoms with Crippen LogP contribution in [0, 0.1) is 17.2 Å². The molecule has 1 aliphatic carbocycles. The second-order valence-electron chi connectivity index (χ2n) is 8.97. The van der Waals surface area contributed by atoms with E-state index in [-0.39, 0.29) is 11.9 Å². The molecule has 1 unspecified atom stereocenters. The van der Waals surface area contributed by atoms with Crippen molar-refractivity contribution in [3.05, 3.63) is 24.3 Å². The first-order chi connectivity index (χ1) is 14.4. The third kappa shape index (κ3) is 4.73. The third-order valence-electron chi connectivity index (χ3n) is 7.16. The Bertz CT molecular complexity index is 749. The number of nitrogens with zero attached hydrogens (tertiary/aromatic N) is 4. The zero-order valence-electron chi connectivity index (χ0n) is 18.9. The fourth-order valence-corrected chi connectivity index (χ4v) is 4.79. The highest BCUT2D eigenvalue weighted by Gasteiger charge is 2.42. The fraction of sp³-hybridized carbons (Fsp3) is 0.667. The normalized spacial score (nSPS) is 26.4. The van der Waals surface area contributed by atoms with Crippen molar-refractivity contribution < 1.29 is 9.53 Å². The van der Waals surface area contributed by atoms with Crippen molar-refractivity contribution in [1.29, 1.82) is 5.26 Å². The highest BCUT2D eigenvalue weighted by molar-refractivity contribution is 5.82. The summed E-state index contributed by atoms with van der Waals surface area (Å²) in [6.07, 6.45) is 4.60. The maximum Gasteiger partial charge on any atom is 0.240 e. The second-order valence-corrected chi connectivity index (χ2v) is 8.97. The van der Waals surface area contributed by atoms with E-state index in [0.29, 0.717) is 5.92 Å². The van der Waals surface area contributed by atoms with Gasteiger partial charge < -0.3 is 14.5 Å². The van der Waals surface area contributed by atoms with Crippen LogP contribution in [0.15, 0.2) is 24.3 Å². The lowest BCUT2D eigenvalue weighted by Crippen LogP contribution is -2.56. The summed E-state index contributed by atoms with van der Waals surface area (Å²) in [5.74, 6) is 1.58. The van der Waals surface area contributed by atoms with Crippen LogP contribution in [-0.2, 0) is 4.79 Å². The van der Waals surface area contributed by atoms with E-state index in [1.54, 1.807) is 12.0 Å². The van der Waals surface area contributed by atoms with E-state index in [4.69, 9.17) is 4.74 Å². The first-order valence-corrected chi connectivity index (χ1v) is 11.2. The van der Waals surface area contributed by atoms with Gasteiger partial charge in [-0.05, 0) is 69.2 Å². The van der Waals surface area contributed by atoms with E-state index in [1.165, 1.54) is 5.69 Å². The van der Waals surface area contributed by atoms with Gasteiger partial charge in [0.2, 0.25) is 5.91 Å². The van der Waals surface area contributed by atoms with Gasteiger partial charge in [0.05, 0.1) is 19.2 Å². The Morgan fingerprint density at radius 3 is 2.47 bits per heavy atom. The molecule has 0 bridgehead atoms. The maximum absolute atomic E-state index is 13.3. The third-order valence-corrected chi connectivity index (χ3v) is 7.16. The molecule has 6 heteroatoms. The predicted molar refractivity (Wildman–Crippen MR) is 120 cm³/mol. The number of carbonyl (C=O) groups excluding carboxylic acids is 1. The van der Waals surface area contributed by atoms with Crippen LogP contribution in [0.2, 0.25) is 0 Å². The minimum Gasteiger partial charge on any atom is -0.497 e. The van der Waals surface area contributed by atoms with Crippen LogP contribution in [0.3, 0.4) is 0 Å². The molecule has 1 amide bonds. The number of ether oxygens (including phenoxy) is 1. The number of carbonyl (C=O) groups is 1. The Balaban J connectivity index is 1.62. The summed E-state index contributed by atoms with van der Waals surface area (Å²) in [7, 11) is 3.51. The van der Waals surface area contributed by atoms with Crippen molar-refractivity contribution in [2.45, 2.75) is 57.5 Å². The molecule has 1 heterocycles. The lowest BCUT2D eigenvalue weighted by Gasteiger charge is -2.43. The van der Waals surface area contributed by atoms with Crippen LogP contribution in [0.4, 0.5) is 5.69 Å². The summed E-state index contributed by atoms with van der Waals surface area (Å²) in [5, 5.41) is 9.91. The van der Waals surface area contributed by atoms with Crippen LogP contribution in [-0.4, -0.2) is 67.6 Å². The number of anilines is 1. The summed E-state index contributed by atoms with van der Waals surface area (Å²) in [6.45, 7) is 7.82. The number of hydrogen-bond acceptors (Lipinski definition) is 5. The van der Waals surface area contributed by atoms with Crippen LogP contribution < -0.4 is 9.64 Å². The predicted octanol–water partition coefficient (Wildman–Crippen LogP) is 3.53. The van der Waals surface area contributed by atoms with Crippen LogP contribution in [0.1, 0.15) is 46.0 Å². The van der Waals surface area contributed by atoms with Crippen molar-refractivity contribution in [2.24, 2.45) is 5.92 Å². The summed E-state index contributed by atoms with van der Waals surface area (Å²) in [6, 6.07) is 10.5. The van der Waals surface area contributed by atoms with Gasteiger partial charge in [-0.25, -0.2) is 0 Å². The van der Waals surface area contributed by atoms with Crippen molar-refractivity contribution in [2.75, 3.05) is 45.2 Å². The molecular formula is C24H36N4O2. The van der Waals surface area contributed by atoms with Crippen molar-refractivity contribution in [3.63, 3.8) is 0 Å². The molecule has 2 aliphatic rings. The molecule has 164 valence electrons. The minimum atomic E-state index is -0.640. The van der Waals surface area contributed by atoms with Gasteiger partial charge in [-0.1, -0.05) is 6.92 Å². The zero-order chi connectivity index (χ0) is 21.7. The zero-order valence-corrected chi connectivity index (χ0v) is 18.9. The van der Waals surface area contributed by atoms with Crippen LogP contribution >= 0.6 is 0 Å². The number of nitriles is 1. The Morgan fingerprint density at radius 2 is 1.87 bits per heavy atom. The number of rotatable bonds is 5. The number of hydrogen-bond donors (Lipinski definition) is 0. The summed E-state index contributed by atoms with van der Waals surface area (Å²) in [5.41, 5.74) is 0.548. The van der Waals surface area contributed by atoms with Crippen molar-refractivity contribution >= 4 is 11.6 Å². The van der Waals surface area contributed by atoms with Crippen LogP contribution in [0.25, 0.3) is 0 Å². The van der Waals surface area contributed by atoms with Crippen molar-refractivity contribution in [1.82, 2.24) is 9.80 Å². The average molecular weight is 413 g/mol. The molecule has 0 N–H and O–H groups in total. The van der Waals surface area contributed by atoms with Gasteiger partial charge in [0.15, 0.2) is 0 Å². The summed E-state index contributed by atoms with van der Waals surface area (Å²) >= 11 is 0. The van der Waals surface area contributed by atoms with Gasteiger partial charge in [-0.3, -0.25) is 9.69 Å². The monoisotopic (exact) mass is 412 g/mol. The Kier molecular flexibility index (Phi) is 7.25. The molecule has 1 saturated carbocycles. The highest BCUT2D eigenvalue weighted by atomic mass is 16.5. The lowest BCUT2D eigenvalue weighted by atomic mass is 9.77. The molecule has 0 spiro atoms. The molecule has 0 aromatic heterocycles. The molecule has 1 aromatic carbocycles. The molecule has 1 aliphatic heterocycles. The number of likely N-dealkylation sites (N-methyl/N-ethyl adjacent to an activating group) is 1. The summed E-state index contributed by atoms with van der Waals surface area (Å²) in [4.78, 5) is 19.7. The average Bonchev–Trinajstić information content (AvgIpc) is 3.05. The first kappa shape index (κ1) is 22.4. The molecule has 30 heavy (non-hydrogen) atoms. The Labute approximate surface area is 181 Å². The largest absolute Gasteiger partial charge is 0.497 e. The van der Waals surface area contributed by atoms with Gasteiger partial charge >= 0.3 is 0 Å². The smallest absolute Gasteiger partial charge is 0.240 e. The highest BCUT2D eigenvalue weighted by Crippen LogP contribution is 2.36. The van der Waals surface area contributed by atoms with E-state index < -0.39 is 5.54 Å². The van der Waals surface area contributed by atoms with Gasteiger partial charge in [-0.15, -0.1) is 0 Å². The number of amides is 1. The molecule has 6 nitrogen and oxygen atoms in total. The lowest BCUT2D eigenvalue weighted by molar-refractivity contribution is -0.140. The van der Waals surface area contributed by atoms with E-state index >= 15 is 0 Å². The van der Waals surface area contributed by atoms with E-state index in [0.717, 1.165) is 64.0 Å². The standard InChI is InChI=1S/C24H36N4O2/c1-19-10-12-24(18-25,13-11-19)26(3)23(29)20(2)27-14-5-15-28(17-16-27)21-6-8-22(30-4)9-7-21/h6-9,19-20H,5,10-17H2,1-4H3. The fourth-order valence-electron chi connectivity index (χ4n) is 4.79. The number of benzene rings is 1. The summed E-state index contributed by atoms with van der Waals surface area (Å²) < 4.78 is 5.26. The van der Waals surface area contributed by atoms with E-state index in [2.05, 4.69) is 34.9 Å².